The molecule has 88 valence electrons. The molecule has 2 N–H and O–H groups in total. The van der Waals surface area contributed by atoms with Crippen molar-refractivity contribution in [3.63, 3.8) is 0 Å². The molecule has 0 radical (unpaired) electrons. The van der Waals surface area contributed by atoms with Gasteiger partial charge in [0.25, 0.3) is 0 Å². The van der Waals surface area contributed by atoms with Gasteiger partial charge in [-0.3, -0.25) is 0 Å². The summed E-state index contributed by atoms with van der Waals surface area (Å²) in [7, 11) is 0. The molecule has 0 aliphatic heterocycles. The highest BCUT2D eigenvalue weighted by atomic mass is 19.4. The van der Waals surface area contributed by atoms with Gasteiger partial charge in [0.2, 0.25) is 0 Å². The molecule has 1 aromatic carbocycles. The second-order valence-corrected chi connectivity index (χ2v) is 3.18. The molecule has 0 bridgehead atoms. The van der Waals surface area contributed by atoms with E-state index in [9.17, 15) is 18.0 Å². The van der Waals surface area contributed by atoms with Crippen molar-refractivity contribution in [2.75, 3.05) is 6.54 Å². The largest absolute Gasteiger partial charge is 0.465 e. The molecule has 0 aliphatic carbocycles. The molecule has 16 heavy (non-hydrogen) atoms. The summed E-state index contributed by atoms with van der Waals surface area (Å²) in [6.07, 6.45) is -5.12. The lowest BCUT2D eigenvalue weighted by molar-refractivity contribution is -0.137. The normalized spacial score (nSPS) is 11.2. The first-order valence-corrected chi connectivity index (χ1v) is 4.52. The minimum absolute atomic E-state index is 0.181. The number of nitrogens with one attached hydrogen (secondary N) is 1. The Labute approximate surface area is 89.9 Å². The van der Waals surface area contributed by atoms with E-state index < -0.39 is 17.8 Å². The first-order chi connectivity index (χ1) is 7.39. The molecule has 0 saturated heterocycles. The van der Waals surface area contributed by atoms with E-state index in [1.54, 1.807) is 0 Å². The lowest BCUT2D eigenvalue weighted by Gasteiger charge is -2.07. The molecular weight excluding hydrogens is 223 g/mol. The third-order valence-corrected chi connectivity index (χ3v) is 1.97. The second-order valence-electron chi connectivity index (χ2n) is 3.18. The first kappa shape index (κ1) is 12.4. The van der Waals surface area contributed by atoms with Crippen LogP contribution >= 0.6 is 0 Å². The fourth-order valence-electron chi connectivity index (χ4n) is 1.17. The summed E-state index contributed by atoms with van der Waals surface area (Å²) in [6.45, 7) is 0.181. The smallest absolute Gasteiger partial charge is 0.416 e. The van der Waals surface area contributed by atoms with Gasteiger partial charge in [-0.25, -0.2) is 4.79 Å². The van der Waals surface area contributed by atoms with Crippen LogP contribution in [-0.4, -0.2) is 17.7 Å². The Kier molecular flexibility index (Phi) is 3.76. The van der Waals surface area contributed by atoms with Gasteiger partial charge in [0.15, 0.2) is 0 Å². The highest BCUT2D eigenvalue weighted by molar-refractivity contribution is 5.64. The van der Waals surface area contributed by atoms with Crippen molar-refractivity contribution in [3.05, 3.63) is 35.4 Å². The lowest BCUT2D eigenvalue weighted by atomic mass is 10.1. The van der Waals surface area contributed by atoms with Crippen molar-refractivity contribution >= 4 is 6.09 Å². The fourth-order valence-corrected chi connectivity index (χ4v) is 1.17. The van der Waals surface area contributed by atoms with Crippen LogP contribution in [-0.2, 0) is 12.6 Å². The van der Waals surface area contributed by atoms with Crippen molar-refractivity contribution < 1.29 is 23.1 Å². The van der Waals surface area contributed by atoms with Crippen molar-refractivity contribution in [3.8, 4) is 0 Å². The van der Waals surface area contributed by atoms with Crippen LogP contribution in [0.1, 0.15) is 11.1 Å². The quantitative estimate of drug-likeness (QED) is 0.842. The molecule has 6 heteroatoms. The summed E-state index contributed by atoms with van der Waals surface area (Å²) in [6, 6.07) is 4.64. The maximum Gasteiger partial charge on any atom is 0.416 e. The third kappa shape index (κ3) is 3.80. The zero-order valence-corrected chi connectivity index (χ0v) is 8.21. The van der Waals surface area contributed by atoms with Crippen LogP contribution in [0.25, 0.3) is 0 Å². The monoisotopic (exact) mass is 233 g/mol. The standard InChI is InChI=1S/C10H10F3NO2/c11-10(12,13)8-3-1-7(2-4-8)5-6-14-9(15)16/h1-4,14H,5-6H2,(H,15,16). The molecule has 1 rings (SSSR count). The third-order valence-electron chi connectivity index (χ3n) is 1.97. The SMILES string of the molecule is O=C(O)NCCc1ccc(C(F)(F)F)cc1. The number of hydrogen-bond acceptors (Lipinski definition) is 1. The molecule has 0 aromatic heterocycles. The Hall–Kier alpha value is -1.72. The number of halogens is 3. The number of carbonyl (C=O) groups is 1. The van der Waals surface area contributed by atoms with Gasteiger partial charge in [-0.15, -0.1) is 0 Å². The van der Waals surface area contributed by atoms with Crippen LogP contribution in [0.15, 0.2) is 24.3 Å². The average molecular weight is 233 g/mol. The van der Waals surface area contributed by atoms with Gasteiger partial charge < -0.3 is 10.4 Å². The van der Waals surface area contributed by atoms with Crippen LogP contribution in [0.3, 0.4) is 0 Å². The van der Waals surface area contributed by atoms with Crippen LogP contribution in [0.5, 0.6) is 0 Å². The van der Waals surface area contributed by atoms with Crippen LogP contribution in [0, 0.1) is 0 Å². The Bertz CT molecular complexity index is 359. The maximum absolute atomic E-state index is 12.2. The number of hydrogen-bond donors (Lipinski definition) is 2. The van der Waals surface area contributed by atoms with E-state index in [1.807, 2.05) is 0 Å². The van der Waals surface area contributed by atoms with Crippen molar-refractivity contribution in [1.82, 2.24) is 5.32 Å². The fraction of sp³-hybridized carbons (Fsp3) is 0.300. The lowest BCUT2D eigenvalue weighted by Crippen LogP contribution is -2.23. The zero-order chi connectivity index (χ0) is 12.2. The summed E-state index contributed by atoms with van der Waals surface area (Å²) < 4.78 is 36.6. The van der Waals surface area contributed by atoms with Crippen molar-refractivity contribution in [2.24, 2.45) is 0 Å². The molecule has 1 aromatic rings. The van der Waals surface area contributed by atoms with Gasteiger partial charge in [-0.05, 0) is 24.1 Å². The Morgan fingerprint density at radius 3 is 2.25 bits per heavy atom. The first-order valence-electron chi connectivity index (χ1n) is 4.52. The van der Waals surface area contributed by atoms with E-state index in [0.29, 0.717) is 12.0 Å². The highest BCUT2D eigenvalue weighted by Crippen LogP contribution is 2.29. The summed E-state index contributed by atoms with van der Waals surface area (Å²) in [5.74, 6) is 0. The van der Waals surface area contributed by atoms with Crippen LogP contribution < -0.4 is 5.32 Å². The molecule has 0 fully saturated rings. The van der Waals surface area contributed by atoms with E-state index in [0.717, 1.165) is 12.1 Å². The summed E-state index contributed by atoms with van der Waals surface area (Å²) in [4.78, 5) is 10.1. The van der Waals surface area contributed by atoms with Gasteiger partial charge >= 0.3 is 12.3 Å². The van der Waals surface area contributed by atoms with Crippen LogP contribution in [0.4, 0.5) is 18.0 Å². The summed E-state index contributed by atoms with van der Waals surface area (Å²) in [5.41, 5.74) is -0.0517. The highest BCUT2D eigenvalue weighted by Gasteiger charge is 2.29. The Morgan fingerprint density at radius 1 is 1.25 bits per heavy atom. The topological polar surface area (TPSA) is 49.3 Å². The number of carboxylic acid groups (broad SMARTS) is 1. The molecule has 3 nitrogen and oxygen atoms in total. The van der Waals surface area contributed by atoms with Crippen molar-refractivity contribution in [2.45, 2.75) is 12.6 Å². The van der Waals surface area contributed by atoms with Gasteiger partial charge in [-0.2, -0.15) is 13.2 Å². The molecule has 0 unspecified atom stereocenters. The van der Waals surface area contributed by atoms with E-state index in [4.69, 9.17) is 5.11 Å². The van der Waals surface area contributed by atoms with Crippen LogP contribution in [0.2, 0.25) is 0 Å². The Balaban J connectivity index is 2.55. The van der Waals surface area contributed by atoms with E-state index in [1.165, 1.54) is 12.1 Å². The van der Waals surface area contributed by atoms with E-state index in [2.05, 4.69) is 5.32 Å². The molecule has 0 atom stereocenters. The second kappa shape index (κ2) is 4.87. The molecular formula is C10H10F3NO2. The molecule has 0 heterocycles. The molecule has 0 spiro atoms. The maximum atomic E-state index is 12.2. The average Bonchev–Trinajstić information content (AvgIpc) is 2.16. The van der Waals surface area contributed by atoms with E-state index >= 15 is 0 Å². The van der Waals surface area contributed by atoms with E-state index in [-0.39, 0.29) is 6.54 Å². The van der Waals surface area contributed by atoms with Gasteiger partial charge in [0.1, 0.15) is 0 Å². The number of benzene rings is 1. The molecule has 1 amide bonds. The van der Waals surface area contributed by atoms with Gasteiger partial charge in [-0.1, -0.05) is 12.1 Å². The Morgan fingerprint density at radius 2 is 1.81 bits per heavy atom. The molecule has 0 aliphatic rings. The predicted molar refractivity (Wildman–Crippen MR) is 51.2 cm³/mol. The summed E-state index contributed by atoms with van der Waals surface area (Å²) in [5, 5.41) is 10.4. The van der Waals surface area contributed by atoms with Crippen molar-refractivity contribution in [1.29, 1.82) is 0 Å². The minimum Gasteiger partial charge on any atom is -0.465 e. The number of alkyl halides is 3. The minimum atomic E-state index is -4.34. The number of amides is 1. The summed E-state index contributed by atoms with van der Waals surface area (Å²) >= 11 is 0. The predicted octanol–water partition coefficient (Wildman–Crippen LogP) is 2.52. The van der Waals surface area contributed by atoms with Gasteiger partial charge in [0, 0.05) is 6.54 Å². The number of rotatable bonds is 3. The zero-order valence-electron chi connectivity index (χ0n) is 8.21. The molecule has 0 saturated carbocycles. The van der Waals surface area contributed by atoms with Gasteiger partial charge in [0.05, 0.1) is 5.56 Å².